The Labute approximate surface area is 262 Å². The van der Waals surface area contributed by atoms with Crippen LogP contribution in [0.5, 0.6) is 0 Å². The van der Waals surface area contributed by atoms with Crippen molar-refractivity contribution < 1.29 is 84.5 Å². The van der Waals surface area contributed by atoms with Crippen molar-refractivity contribution in [3.05, 3.63) is 99.8 Å². The quantitative estimate of drug-likeness (QED) is 0.284. The summed E-state index contributed by atoms with van der Waals surface area (Å²) in [5, 5.41) is 2.08. The van der Waals surface area contributed by atoms with Gasteiger partial charge in [-0.2, -0.15) is 9.59 Å². The summed E-state index contributed by atoms with van der Waals surface area (Å²) in [6.45, 7) is 19.3. The molecular formula is C28H48O4Y2-4. The number of hydrogen-bond donors (Lipinski definition) is 0. The number of esters is 1. The van der Waals surface area contributed by atoms with Crippen LogP contribution in [-0.4, -0.2) is 12.1 Å². The molecule has 34 heavy (non-hydrogen) atoms. The molecule has 0 spiro atoms. The van der Waals surface area contributed by atoms with Crippen molar-refractivity contribution >= 4 is 25.3 Å². The van der Waals surface area contributed by atoms with Crippen molar-refractivity contribution in [2.24, 2.45) is 0 Å². The Bertz CT molecular complexity index is 687. The number of carbonyl (C=O) groups excluding carboxylic acids is 3. The monoisotopic (exact) mass is 626 g/mol. The fraction of sp³-hybridized carbons (Fsp3) is 0.286. The van der Waals surface area contributed by atoms with E-state index in [2.05, 4.69) is 13.2 Å². The third kappa shape index (κ3) is 48.6. The number of carbonyl (C=O) groups is 1. The van der Waals surface area contributed by atoms with Crippen LogP contribution < -0.4 is 10.4 Å². The van der Waals surface area contributed by atoms with Crippen LogP contribution in [0.4, 0.5) is 0 Å². The van der Waals surface area contributed by atoms with Gasteiger partial charge in [0.2, 0.25) is 0 Å². The van der Waals surface area contributed by atoms with Crippen LogP contribution in [-0.2, 0) is 91.1 Å². The Hall–Kier alpha value is -0.762. The number of aryl methyl sites for hydroxylation is 1. The molecule has 6 heteroatoms. The van der Waals surface area contributed by atoms with E-state index >= 15 is 0 Å². The van der Waals surface area contributed by atoms with E-state index in [-0.39, 0.29) is 115 Å². The molecule has 0 aliphatic rings. The Morgan fingerprint density at radius 1 is 0.765 bits per heavy atom. The van der Waals surface area contributed by atoms with Gasteiger partial charge in [0.25, 0.3) is 0 Å². The Morgan fingerprint density at radius 3 is 1.26 bits per heavy atom. The maximum atomic E-state index is 10.5. The first-order valence-electron chi connectivity index (χ1n) is 8.81. The Kier molecular flexibility index (Phi) is 92.9. The Balaban J connectivity index is -0.0000000294. The van der Waals surface area contributed by atoms with Crippen molar-refractivity contribution in [2.75, 3.05) is 0 Å². The predicted molar refractivity (Wildman–Crippen MR) is 143 cm³/mol. The molecular weight excluding hydrogens is 578 g/mol. The molecule has 4 nitrogen and oxygen atoms in total. The van der Waals surface area contributed by atoms with Crippen molar-refractivity contribution in [2.45, 2.75) is 55.6 Å². The van der Waals surface area contributed by atoms with Gasteiger partial charge >= 0.3 is 12.1 Å². The van der Waals surface area contributed by atoms with Gasteiger partial charge in [0.1, 0.15) is 6.61 Å². The van der Waals surface area contributed by atoms with Crippen molar-refractivity contribution in [1.29, 1.82) is 0 Å². The fourth-order valence-corrected chi connectivity index (χ4v) is 1.41. The maximum Gasteiger partial charge on any atom is 0.373 e. The Morgan fingerprint density at radius 2 is 1.03 bits per heavy atom. The van der Waals surface area contributed by atoms with Gasteiger partial charge < -0.3 is 34.4 Å². The molecule has 2 radical (unpaired) electrons. The SMILES string of the molecule is C.C=c1ccc(=C)cc1.CC.CC.CC(=O)OCc1ccc(C)cc1.O=C=O.[CH3-].[CH3-].[CH3-].[CH3-].[Y].[Y]. The molecule has 0 aliphatic heterocycles. The molecule has 0 aromatic heterocycles. The van der Waals surface area contributed by atoms with Crippen LogP contribution in [0.25, 0.3) is 13.2 Å². The zero-order valence-electron chi connectivity index (χ0n) is 22.5. The standard InChI is InChI=1S/C10H12O2.C8H8.2C2H6.CO2.CH4.4CH3.2Y/c1-8-3-5-10(6-4-8)7-12-9(2)11;1-7-3-5-8(2)6-4-7;2*1-2;2-1-3;;;;;;;/h3-6H,7H2,1-2H3;3-6H,1-2H2;2*1-2H3;;1H4;4*1H3;;/q;;;;;;4*-1;;. The molecule has 2 aromatic rings. The third-order valence-electron chi connectivity index (χ3n) is 2.59. The average Bonchev–Trinajstić information content (AvgIpc) is 2.68. The number of hydrogen-bond acceptors (Lipinski definition) is 4. The molecule has 0 saturated carbocycles. The molecule has 0 aliphatic carbocycles. The van der Waals surface area contributed by atoms with E-state index < -0.39 is 0 Å². The average molecular weight is 627 g/mol. The van der Waals surface area contributed by atoms with Crippen LogP contribution in [0.3, 0.4) is 0 Å². The molecule has 0 atom stereocenters. The van der Waals surface area contributed by atoms with Gasteiger partial charge in [-0.25, -0.2) is 0 Å². The van der Waals surface area contributed by atoms with Gasteiger partial charge in [-0.05, 0) is 22.9 Å². The van der Waals surface area contributed by atoms with Crippen LogP contribution in [0.15, 0.2) is 48.5 Å². The van der Waals surface area contributed by atoms with Gasteiger partial charge in [-0.15, -0.1) is 0 Å². The van der Waals surface area contributed by atoms with E-state index in [9.17, 15) is 4.79 Å². The topological polar surface area (TPSA) is 60.4 Å². The van der Waals surface area contributed by atoms with Gasteiger partial charge in [0.05, 0.1) is 0 Å². The van der Waals surface area contributed by atoms with E-state index in [0.29, 0.717) is 6.61 Å². The van der Waals surface area contributed by atoms with Gasteiger partial charge in [0, 0.05) is 72.3 Å². The summed E-state index contributed by atoms with van der Waals surface area (Å²) >= 11 is 0. The van der Waals surface area contributed by atoms with E-state index in [1.807, 2.05) is 83.1 Å². The predicted octanol–water partition coefficient (Wildman–Crippen LogP) is 6.47. The molecule has 194 valence electrons. The van der Waals surface area contributed by atoms with Gasteiger partial charge in [-0.3, -0.25) is 4.79 Å². The van der Waals surface area contributed by atoms with Crippen LogP contribution in [0, 0.1) is 36.6 Å². The van der Waals surface area contributed by atoms with Crippen molar-refractivity contribution in [3.63, 3.8) is 0 Å². The van der Waals surface area contributed by atoms with Gasteiger partial charge in [0.15, 0.2) is 0 Å². The summed E-state index contributed by atoms with van der Waals surface area (Å²) in [5.74, 6) is -0.240. The molecule has 0 amide bonds. The summed E-state index contributed by atoms with van der Waals surface area (Å²) in [7, 11) is 0. The third-order valence-corrected chi connectivity index (χ3v) is 2.59. The molecule has 0 bridgehead atoms. The van der Waals surface area contributed by atoms with E-state index in [4.69, 9.17) is 14.3 Å². The number of ether oxygens (including phenoxy) is 1. The second kappa shape index (κ2) is 49.4. The molecule has 2 aromatic carbocycles. The number of benzene rings is 2. The van der Waals surface area contributed by atoms with Crippen LogP contribution in [0.2, 0.25) is 0 Å². The molecule has 0 fully saturated rings. The largest absolute Gasteiger partial charge is 0.461 e. The van der Waals surface area contributed by atoms with Crippen LogP contribution >= 0.6 is 0 Å². The summed E-state index contributed by atoms with van der Waals surface area (Å²) < 4.78 is 4.83. The van der Waals surface area contributed by atoms with Crippen molar-refractivity contribution in [3.8, 4) is 0 Å². The first-order valence-corrected chi connectivity index (χ1v) is 8.81. The van der Waals surface area contributed by atoms with E-state index in [1.165, 1.54) is 12.5 Å². The first kappa shape index (κ1) is 64.0. The molecule has 2 rings (SSSR count). The minimum Gasteiger partial charge on any atom is -0.461 e. The van der Waals surface area contributed by atoms with Crippen LogP contribution in [0.1, 0.15) is 53.2 Å². The zero-order valence-corrected chi connectivity index (χ0v) is 28.2. The smallest absolute Gasteiger partial charge is 0.373 e. The number of rotatable bonds is 2. The zero-order chi connectivity index (χ0) is 21.7. The summed E-state index contributed by atoms with van der Waals surface area (Å²) in [4.78, 5) is 26.7. The summed E-state index contributed by atoms with van der Waals surface area (Å²) in [6.07, 6.45) is 0.250. The molecule has 0 heterocycles. The second-order valence-corrected chi connectivity index (χ2v) is 4.67. The van der Waals surface area contributed by atoms with Crippen molar-refractivity contribution in [1.82, 2.24) is 0 Å². The first-order chi connectivity index (χ1) is 12.9. The maximum absolute atomic E-state index is 10.5. The fourth-order valence-electron chi connectivity index (χ4n) is 1.41. The summed E-state index contributed by atoms with van der Waals surface area (Å²) in [6, 6.07) is 15.7. The normalized spacial score (nSPS) is 6.06. The minimum absolute atomic E-state index is 0. The second-order valence-electron chi connectivity index (χ2n) is 4.67. The van der Waals surface area contributed by atoms with E-state index in [0.717, 1.165) is 16.0 Å². The minimum atomic E-state index is -0.240. The van der Waals surface area contributed by atoms with E-state index in [1.54, 1.807) is 0 Å². The van der Waals surface area contributed by atoms with Gasteiger partial charge in [-0.1, -0.05) is 102 Å². The summed E-state index contributed by atoms with van der Waals surface area (Å²) in [5.41, 5.74) is 2.23. The molecule has 0 saturated heterocycles. The molecule has 0 unspecified atom stereocenters. The molecule has 0 N–H and O–H groups in total.